The first kappa shape index (κ1) is 20.8. The number of aryl methyl sites for hydroxylation is 1. The Kier molecular flexibility index (Phi) is 6.80. The van der Waals surface area contributed by atoms with Crippen LogP contribution in [-0.4, -0.2) is 26.4 Å². The number of unbranched alkanes of at least 4 members (excludes halogenated alkanes) is 4. The van der Waals surface area contributed by atoms with Crippen molar-refractivity contribution in [3.63, 3.8) is 0 Å². The van der Waals surface area contributed by atoms with Gasteiger partial charge in [0.2, 0.25) is 0 Å². The highest BCUT2D eigenvalue weighted by Gasteiger charge is 2.16. The predicted octanol–water partition coefficient (Wildman–Crippen LogP) is 3.24. The van der Waals surface area contributed by atoms with E-state index in [2.05, 4.69) is 17.2 Å². The van der Waals surface area contributed by atoms with Crippen LogP contribution in [0.15, 0.2) is 35.3 Å². The molecule has 3 heterocycles. The van der Waals surface area contributed by atoms with Crippen molar-refractivity contribution in [3.8, 4) is 0 Å². The third-order valence-corrected chi connectivity index (χ3v) is 5.08. The number of rotatable bonds is 9. The molecule has 29 heavy (non-hydrogen) atoms. The molecule has 3 rings (SSSR count). The number of nitrogens with zero attached hydrogens (tertiary/aromatic N) is 3. The Morgan fingerprint density at radius 3 is 2.69 bits per heavy atom. The Labute approximate surface area is 169 Å². The summed E-state index contributed by atoms with van der Waals surface area (Å²) in [6.45, 7) is 5.25. The maximum atomic E-state index is 13.0. The number of amides is 1. The Morgan fingerprint density at radius 2 is 1.93 bits per heavy atom. The van der Waals surface area contributed by atoms with Crippen molar-refractivity contribution in [1.82, 2.24) is 19.3 Å². The van der Waals surface area contributed by atoms with E-state index < -0.39 is 0 Å². The number of carbonyl (C=O) groups excluding carboxylic acids is 1. The van der Waals surface area contributed by atoms with Crippen LogP contribution in [-0.2, 0) is 6.54 Å². The van der Waals surface area contributed by atoms with Crippen molar-refractivity contribution in [2.24, 2.45) is 0 Å². The van der Waals surface area contributed by atoms with Crippen LogP contribution >= 0.6 is 0 Å². The second-order valence-corrected chi connectivity index (χ2v) is 7.31. The largest absolute Gasteiger partial charge is 0.352 e. The van der Waals surface area contributed by atoms with Crippen LogP contribution in [0.2, 0.25) is 0 Å². The summed E-state index contributed by atoms with van der Waals surface area (Å²) in [5.41, 5.74) is 1.05. The van der Waals surface area contributed by atoms with E-state index in [1.165, 1.54) is 23.3 Å². The summed E-state index contributed by atoms with van der Waals surface area (Å²) in [7, 11) is 0. The van der Waals surface area contributed by atoms with Crippen molar-refractivity contribution in [3.05, 3.63) is 51.9 Å². The molecular weight excluding hydrogens is 366 g/mol. The molecule has 0 radical (unpaired) electrons. The van der Waals surface area contributed by atoms with Gasteiger partial charge in [0, 0.05) is 19.3 Å². The number of pyridine rings is 2. The van der Waals surface area contributed by atoms with E-state index in [1.54, 1.807) is 22.9 Å². The van der Waals surface area contributed by atoms with Crippen molar-refractivity contribution in [2.45, 2.75) is 58.9 Å². The van der Waals surface area contributed by atoms with E-state index in [4.69, 9.17) is 5.41 Å². The normalized spacial score (nSPS) is 11.2. The van der Waals surface area contributed by atoms with E-state index in [-0.39, 0.29) is 22.5 Å². The zero-order chi connectivity index (χ0) is 20.8. The molecule has 3 aromatic rings. The minimum Gasteiger partial charge on any atom is -0.352 e. The number of hydrogen-bond acceptors (Lipinski definition) is 4. The summed E-state index contributed by atoms with van der Waals surface area (Å²) >= 11 is 0. The molecule has 0 aliphatic rings. The second-order valence-electron chi connectivity index (χ2n) is 7.31. The summed E-state index contributed by atoms with van der Waals surface area (Å²) in [5, 5.41) is 11.8. The van der Waals surface area contributed by atoms with Gasteiger partial charge in [-0.05, 0) is 31.0 Å². The van der Waals surface area contributed by atoms with Crippen molar-refractivity contribution >= 4 is 22.6 Å². The summed E-state index contributed by atoms with van der Waals surface area (Å²) in [5.74, 6) is -0.310. The molecule has 0 atom stereocenters. The van der Waals surface area contributed by atoms with Gasteiger partial charge in [-0.15, -0.1) is 0 Å². The Balaban J connectivity index is 1.99. The van der Waals surface area contributed by atoms with Gasteiger partial charge in [-0.3, -0.25) is 19.4 Å². The predicted molar refractivity (Wildman–Crippen MR) is 114 cm³/mol. The zero-order valence-corrected chi connectivity index (χ0v) is 17.2. The lowest BCUT2D eigenvalue weighted by Gasteiger charge is -2.14. The molecule has 0 bridgehead atoms. The molecule has 1 amide bonds. The topological polar surface area (TPSA) is 92.2 Å². The zero-order valence-electron chi connectivity index (χ0n) is 17.2. The summed E-state index contributed by atoms with van der Waals surface area (Å²) in [6, 6.07) is 6.87. The Bertz CT molecular complexity index is 1130. The van der Waals surface area contributed by atoms with Crippen LogP contribution in [0, 0.1) is 5.41 Å². The van der Waals surface area contributed by atoms with Gasteiger partial charge < -0.3 is 9.88 Å². The van der Waals surface area contributed by atoms with Gasteiger partial charge in [0.15, 0.2) is 0 Å². The van der Waals surface area contributed by atoms with Gasteiger partial charge in [0.05, 0.1) is 10.9 Å². The maximum Gasteiger partial charge on any atom is 0.267 e. The number of hydrogen-bond donors (Lipinski definition) is 2. The third-order valence-electron chi connectivity index (χ3n) is 5.08. The molecule has 2 N–H and O–H groups in total. The van der Waals surface area contributed by atoms with Gasteiger partial charge in [0.25, 0.3) is 11.5 Å². The SMILES string of the molecule is CCCCCCCNC(=O)c1cc2c(=O)n3ccccc3nc2n(CCC)c1=N. The standard InChI is InChI=1S/C22H29N5O2/c1-3-5-6-7-9-12-24-21(28)16-15-17-20(27(13-4-2)19(16)23)25-18-11-8-10-14-26(18)22(17)29/h8,10-11,14-15,23H,3-7,9,12-13H2,1-2H3,(H,24,28). The van der Waals surface area contributed by atoms with E-state index in [0.717, 1.165) is 25.7 Å². The summed E-state index contributed by atoms with van der Waals surface area (Å²) in [6.07, 6.45) is 7.98. The van der Waals surface area contributed by atoms with Crippen LogP contribution in [0.25, 0.3) is 16.7 Å². The smallest absolute Gasteiger partial charge is 0.267 e. The number of carbonyl (C=O) groups is 1. The molecule has 0 saturated heterocycles. The molecule has 0 aliphatic heterocycles. The van der Waals surface area contributed by atoms with Crippen LogP contribution < -0.4 is 16.4 Å². The molecule has 0 saturated carbocycles. The summed E-state index contributed by atoms with van der Waals surface area (Å²) in [4.78, 5) is 30.4. The molecule has 7 nitrogen and oxygen atoms in total. The third kappa shape index (κ3) is 4.39. The van der Waals surface area contributed by atoms with Crippen molar-refractivity contribution in [2.75, 3.05) is 6.54 Å². The average Bonchev–Trinajstić information content (AvgIpc) is 2.73. The first-order chi connectivity index (χ1) is 14.1. The maximum absolute atomic E-state index is 13.0. The number of nitrogens with one attached hydrogen (secondary N) is 2. The molecule has 154 valence electrons. The molecule has 0 aliphatic carbocycles. The molecule has 0 unspecified atom stereocenters. The van der Waals surface area contributed by atoms with Crippen molar-refractivity contribution < 1.29 is 4.79 Å². The van der Waals surface area contributed by atoms with Gasteiger partial charge in [-0.25, -0.2) is 4.98 Å². The monoisotopic (exact) mass is 395 g/mol. The number of aromatic nitrogens is 3. The molecule has 0 spiro atoms. The van der Waals surface area contributed by atoms with Gasteiger partial charge in [0.1, 0.15) is 16.8 Å². The van der Waals surface area contributed by atoms with Crippen LogP contribution in [0.3, 0.4) is 0 Å². The van der Waals surface area contributed by atoms with E-state index in [1.807, 2.05) is 13.0 Å². The highest BCUT2D eigenvalue weighted by molar-refractivity contribution is 5.96. The van der Waals surface area contributed by atoms with Crippen LogP contribution in [0.5, 0.6) is 0 Å². The molecule has 0 fully saturated rings. The second kappa shape index (κ2) is 9.49. The average molecular weight is 396 g/mol. The quantitative estimate of drug-likeness (QED) is 0.430. The first-order valence-electron chi connectivity index (χ1n) is 10.5. The highest BCUT2D eigenvalue weighted by atomic mass is 16.1. The van der Waals surface area contributed by atoms with E-state index in [0.29, 0.717) is 29.8 Å². The Morgan fingerprint density at radius 1 is 1.14 bits per heavy atom. The summed E-state index contributed by atoms with van der Waals surface area (Å²) < 4.78 is 3.14. The van der Waals surface area contributed by atoms with Gasteiger partial charge in [-0.2, -0.15) is 0 Å². The van der Waals surface area contributed by atoms with Crippen molar-refractivity contribution in [1.29, 1.82) is 5.41 Å². The fourth-order valence-corrected chi connectivity index (χ4v) is 3.53. The Hall–Kier alpha value is -2.96. The first-order valence-corrected chi connectivity index (χ1v) is 10.5. The lowest BCUT2D eigenvalue weighted by molar-refractivity contribution is 0.0950. The molecule has 7 heteroatoms. The van der Waals surface area contributed by atoms with E-state index in [9.17, 15) is 9.59 Å². The van der Waals surface area contributed by atoms with E-state index >= 15 is 0 Å². The highest BCUT2D eigenvalue weighted by Crippen LogP contribution is 2.11. The molecule has 0 aromatic carbocycles. The van der Waals surface area contributed by atoms with Gasteiger partial charge >= 0.3 is 0 Å². The minimum absolute atomic E-state index is 0.0926. The van der Waals surface area contributed by atoms with Gasteiger partial charge in [-0.1, -0.05) is 45.6 Å². The van der Waals surface area contributed by atoms with Crippen LogP contribution in [0.4, 0.5) is 0 Å². The van der Waals surface area contributed by atoms with Crippen LogP contribution in [0.1, 0.15) is 62.7 Å². The lowest BCUT2D eigenvalue weighted by Crippen LogP contribution is -2.35. The molecular formula is C22H29N5O2. The minimum atomic E-state index is -0.310. The lowest BCUT2D eigenvalue weighted by atomic mass is 10.1. The fraction of sp³-hybridized carbons (Fsp3) is 0.455. The fourth-order valence-electron chi connectivity index (χ4n) is 3.53. The molecule has 3 aromatic heterocycles. The number of fused-ring (bicyclic) bond motifs is 2.